The van der Waals surface area contributed by atoms with Crippen molar-refractivity contribution in [1.29, 1.82) is 0 Å². The Hall–Kier alpha value is -2.88. The number of carbonyl (C=O) groups is 2. The van der Waals surface area contributed by atoms with Gasteiger partial charge < -0.3 is 9.47 Å². The van der Waals surface area contributed by atoms with Gasteiger partial charge >= 0.3 is 5.97 Å². The number of rotatable bonds is 6. The number of ketones is 1. The second-order valence-electron chi connectivity index (χ2n) is 6.94. The Morgan fingerprint density at radius 1 is 1.04 bits per heavy atom. The normalized spacial score (nSPS) is 19.1. The van der Waals surface area contributed by atoms with E-state index in [1.54, 1.807) is 20.1 Å². The van der Waals surface area contributed by atoms with E-state index in [0.717, 1.165) is 28.9 Å². The summed E-state index contributed by atoms with van der Waals surface area (Å²) >= 11 is 0. The highest BCUT2D eigenvalue weighted by Crippen LogP contribution is 2.40. The molecule has 0 fully saturated rings. The van der Waals surface area contributed by atoms with E-state index in [-0.39, 0.29) is 18.3 Å². The summed E-state index contributed by atoms with van der Waals surface area (Å²) in [6, 6.07) is 15.8. The standard InChI is InChI=1S/C24H26O4/c1-4-16-6-8-18(9-7-16)21-14-19(17-10-12-20(27-3)13-11-17)15-22(25)23(21)24(26)28-5-2/h6-13,15,21,23H,4-5,14H2,1-3H3/t21-,23+/m1/s1. The molecule has 0 N–H and O–H groups in total. The van der Waals surface area contributed by atoms with Crippen LogP contribution < -0.4 is 4.74 Å². The van der Waals surface area contributed by atoms with Crippen molar-refractivity contribution in [3.8, 4) is 5.75 Å². The predicted molar refractivity (Wildman–Crippen MR) is 109 cm³/mol. The van der Waals surface area contributed by atoms with Crippen LogP contribution in [0.3, 0.4) is 0 Å². The average molecular weight is 378 g/mol. The van der Waals surface area contributed by atoms with Crippen molar-refractivity contribution >= 4 is 17.3 Å². The van der Waals surface area contributed by atoms with Gasteiger partial charge in [-0.1, -0.05) is 43.3 Å². The number of allylic oxidation sites excluding steroid dienone is 2. The van der Waals surface area contributed by atoms with Crippen LogP contribution in [-0.4, -0.2) is 25.5 Å². The molecule has 0 saturated carbocycles. The first-order chi connectivity index (χ1) is 13.6. The van der Waals surface area contributed by atoms with Gasteiger partial charge in [0.1, 0.15) is 11.7 Å². The van der Waals surface area contributed by atoms with Crippen LogP contribution in [0.2, 0.25) is 0 Å². The third kappa shape index (κ3) is 4.16. The van der Waals surface area contributed by atoms with E-state index in [0.29, 0.717) is 6.42 Å². The molecule has 3 rings (SSSR count). The maximum absolute atomic E-state index is 12.9. The Kier molecular flexibility index (Phi) is 6.30. The van der Waals surface area contributed by atoms with Gasteiger partial charge in [-0.15, -0.1) is 0 Å². The van der Waals surface area contributed by atoms with Crippen LogP contribution in [0, 0.1) is 5.92 Å². The summed E-state index contributed by atoms with van der Waals surface area (Å²) in [5.41, 5.74) is 4.11. The van der Waals surface area contributed by atoms with E-state index in [2.05, 4.69) is 19.1 Å². The van der Waals surface area contributed by atoms with Crippen molar-refractivity contribution < 1.29 is 19.1 Å². The second kappa shape index (κ2) is 8.87. The number of esters is 1. The van der Waals surface area contributed by atoms with E-state index < -0.39 is 11.9 Å². The largest absolute Gasteiger partial charge is 0.497 e. The molecule has 0 heterocycles. The Balaban J connectivity index is 1.98. The molecular weight excluding hydrogens is 352 g/mol. The predicted octanol–water partition coefficient (Wildman–Crippen LogP) is 4.58. The lowest BCUT2D eigenvalue weighted by molar-refractivity contribution is -0.151. The Labute approximate surface area is 166 Å². The summed E-state index contributed by atoms with van der Waals surface area (Å²) in [5, 5.41) is 0. The molecular formula is C24H26O4. The highest BCUT2D eigenvalue weighted by molar-refractivity contribution is 6.10. The minimum atomic E-state index is -0.797. The van der Waals surface area contributed by atoms with Gasteiger partial charge in [-0.3, -0.25) is 9.59 Å². The smallest absolute Gasteiger partial charge is 0.317 e. The molecule has 0 unspecified atom stereocenters. The van der Waals surface area contributed by atoms with Crippen molar-refractivity contribution in [2.75, 3.05) is 13.7 Å². The fourth-order valence-corrected chi connectivity index (χ4v) is 3.70. The Morgan fingerprint density at radius 3 is 2.29 bits per heavy atom. The summed E-state index contributed by atoms with van der Waals surface area (Å²) in [4.78, 5) is 25.5. The van der Waals surface area contributed by atoms with Crippen LogP contribution in [0.25, 0.3) is 5.57 Å². The van der Waals surface area contributed by atoms with Crippen LogP contribution in [-0.2, 0) is 20.7 Å². The molecule has 0 spiro atoms. The monoisotopic (exact) mass is 378 g/mol. The molecule has 0 bridgehead atoms. The molecule has 4 nitrogen and oxygen atoms in total. The molecule has 2 aromatic carbocycles. The molecule has 4 heteroatoms. The van der Waals surface area contributed by atoms with E-state index in [1.807, 2.05) is 36.4 Å². The van der Waals surface area contributed by atoms with Crippen molar-refractivity contribution in [2.24, 2.45) is 5.92 Å². The zero-order valence-electron chi connectivity index (χ0n) is 16.6. The zero-order valence-corrected chi connectivity index (χ0v) is 16.6. The summed E-state index contributed by atoms with van der Waals surface area (Å²) in [6.45, 7) is 4.12. The number of hydrogen-bond acceptors (Lipinski definition) is 4. The topological polar surface area (TPSA) is 52.6 Å². The molecule has 146 valence electrons. The number of carbonyl (C=O) groups excluding carboxylic acids is 2. The van der Waals surface area contributed by atoms with Gasteiger partial charge in [0, 0.05) is 5.92 Å². The van der Waals surface area contributed by atoms with Gasteiger partial charge in [0.2, 0.25) is 0 Å². The molecule has 0 saturated heterocycles. The molecule has 0 amide bonds. The van der Waals surface area contributed by atoms with Gasteiger partial charge in [0.05, 0.1) is 13.7 Å². The third-order valence-corrected chi connectivity index (χ3v) is 5.28. The third-order valence-electron chi connectivity index (χ3n) is 5.28. The number of methoxy groups -OCH3 is 1. The van der Waals surface area contributed by atoms with Crippen molar-refractivity contribution in [3.05, 3.63) is 71.3 Å². The SMILES string of the molecule is CCOC(=O)[C@@H]1C(=O)C=C(c2ccc(OC)cc2)C[C@@H]1c1ccc(CC)cc1. The van der Waals surface area contributed by atoms with E-state index in [9.17, 15) is 9.59 Å². The van der Waals surface area contributed by atoms with Gasteiger partial charge in [0.25, 0.3) is 0 Å². The van der Waals surface area contributed by atoms with Gasteiger partial charge in [-0.05, 0) is 60.2 Å². The lowest BCUT2D eigenvalue weighted by Crippen LogP contribution is -2.34. The minimum absolute atomic E-state index is 0.194. The molecule has 2 atom stereocenters. The number of benzene rings is 2. The quantitative estimate of drug-likeness (QED) is 0.545. The summed E-state index contributed by atoms with van der Waals surface area (Å²) in [7, 11) is 1.62. The first-order valence-electron chi connectivity index (χ1n) is 9.71. The van der Waals surface area contributed by atoms with E-state index in [4.69, 9.17) is 9.47 Å². The molecule has 28 heavy (non-hydrogen) atoms. The number of ether oxygens (including phenoxy) is 2. The highest BCUT2D eigenvalue weighted by Gasteiger charge is 2.39. The van der Waals surface area contributed by atoms with E-state index >= 15 is 0 Å². The first kappa shape index (κ1) is 19.9. The van der Waals surface area contributed by atoms with Crippen LogP contribution >= 0.6 is 0 Å². The molecule has 0 radical (unpaired) electrons. The molecule has 2 aromatic rings. The lowest BCUT2D eigenvalue weighted by Gasteiger charge is -2.29. The molecule has 0 aliphatic heterocycles. The van der Waals surface area contributed by atoms with E-state index in [1.165, 1.54) is 5.56 Å². The minimum Gasteiger partial charge on any atom is -0.497 e. The molecule has 1 aliphatic rings. The van der Waals surface area contributed by atoms with Gasteiger partial charge in [0.15, 0.2) is 5.78 Å². The Bertz CT molecular complexity index is 862. The van der Waals surface area contributed by atoms with Crippen molar-refractivity contribution in [3.63, 3.8) is 0 Å². The van der Waals surface area contributed by atoms with Crippen molar-refractivity contribution in [2.45, 2.75) is 32.6 Å². The maximum Gasteiger partial charge on any atom is 0.317 e. The first-order valence-corrected chi connectivity index (χ1v) is 9.71. The van der Waals surface area contributed by atoms with Crippen molar-refractivity contribution in [1.82, 2.24) is 0 Å². The summed E-state index contributed by atoms with van der Waals surface area (Å²) in [5.74, 6) is -0.904. The van der Waals surface area contributed by atoms with Gasteiger partial charge in [-0.25, -0.2) is 0 Å². The average Bonchev–Trinajstić information content (AvgIpc) is 2.73. The lowest BCUT2D eigenvalue weighted by atomic mass is 9.73. The Morgan fingerprint density at radius 2 is 1.71 bits per heavy atom. The molecule has 0 aromatic heterocycles. The fraction of sp³-hybridized carbons (Fsp3) is 0.333. The van der Waals surface area contributed by atoms with Crippen LogP contribution in [0.15, 0.2) is 54.6 Å². The number of hydrogen-bond donors (Lipinski definition) is 0. The fourth-order valence-electron chi connectivity index (χ4n) is 3.70. The van der Waals surface area contributed by atoms with Crippen LogP contribution in [0.4, 0.5) is 0 Å². The van der Waals surface area contributed by atoms with Crippen LogP contribution in [0.1, 0.15) is 42.9 Å². The second-order valence-corrected chi connectivity index (χ2v) is 6.94. The maximum atomic E-state index is 12.9. The number of aryl methyl sites for hydroxylation is 1. The zero-order chi connectivity index (χ0) is 20.1. The summed E-state index contributed by atoms with van der Waals surface area (Å²) in [6.07, 6.45) is 3.15. The summed E-state index contributed by atoms with van der Waals surface area (Å²) < 4.78 is 10.4. The van der Waals surface area contributed by atoms with Crippen LogP contribution in [0.5, 0.6) is 5.75 Å². The van der Waals surface area contributed by atoms with Gasteiger partial charge in [-0.2, -0.15) is 0 Å². The molecule has 1 aliphatic carbocycles. The highest BCUT2D eigenvalue weighted by atomic mass is 16.5.